The Hall–Kier alpha value is -3.10. The molecule has 1 saturated heterocycles. The van der Waals surface area contributed by atoms with Crippen molar-refractivity contribution in [2.24, 2.45) is 0 Å². The van der Waals surface area contributed by atoms with Gasteiger partial charge in [0.25, 0.3) is 5.91 Å². The largest absolute Gasteiger partial charge is 0.497 e. The number of carbonyl (C=O) groups excluding carboxylic acids is 2. The second-order valence-electron chi connectivity index (χ2n) is 6.56. The highest BCUT2D eigenvalue weighted by molar-refractivity contribution is 5.97. The average Bonchev–Trinajstić information content (AvgIpc) is 3.00. The number of hydrogen-bond donors (Lipinski definition) is 0. The summed E-state index contributed by atoms with van der Waals surface area (Å²) in [6, 6.07) is 4.73. The highest BCUT2D eigenvalue weighted by Crippen LogP contribution is 2.29. The van der Waals surface area contributed by atoms with Crippen LogP contribution in [0.5, 0.6) is 11.5 Å². The Morgan fingerprint density at radius 3 is 2.57 bits per heavy atom. The van der Waals surface area contributed by atoms with Gasteiger partial charge < -0.3 is 23.8 Å². The molecule has 1 aromatic carbocycles. The number of ether oxygens (including phenoxy) is 2. The summed E-state index contributed by atoms with van der Waals surface area (Å²) in [6.45, 7) is 4.46. The minimum absolute atomic E-state index is 0.0998. The van der Waals surface area contributed by atoms with Gasteiger partial charge in [-0.25, -0.2) is 0 Å². The molecule has 2 amide bonds. The fourth-order valence-corrected chi connectivity index (χ4v) is 3.36. The number of nitrogens with zero attached hydrogens (tertiary/aromatic N) is 4. The molecule has 150 valence electrons. The van der Waals surface area contributed by atoms with Gasteiger partial charge in [0.1, 0.15) is 17.5 Å². The zero-order valence-corrected chi connectivity index (χ0v) is 16.5. The van der Waals surface area contributed by atoms with E-state index in [0.29, 0.717) is 54.8 Å². The lowest BCUT2D eigenvalue weighted by Gasteiger charge is -2.25. The number of aromatic nitrogens is 2. The summed E-state index contributed by atoms with van der Waals surface area (Å²) in [4.78, 5) is 32.9. The van der Waals surface area contributed by atoms with Crippen molar-refractivity contribution < 1.29 is 23.6 Å². The topological polar surface area (TPSA) is 98.0 Å². The van der Waals surface area contributed by atoms with Gasteiger partial charge in [-0.15, -0.1) is 0 Å². The summed E-state index contributed by atoms with van der Waals surface area (Å²) < 4.78 is 15.8. The molecule has 1 unspecified atom stereocenters. The van der Waals surface area contributed by atoms with E-state index in [2.05, 4.69) is 10.1 Å². The highest BCUT2D eigenvalue weighted by atomic mass is 16.5. The van der Waals surface area contributed by atoms with Gasteiger partial charge in [-0.1, -0.05) is 5.16 Å². The van der Waals surface area contributed by atoms with Crippen LogP contribution in [0, 0.1) is 6.92 Å². The molecule has 0 spiro atoms. The molecular weight excluding hydrogens is 364 g/mol. The second kappa shape index (κ2) is 8.28. The van der Waals surface area contributed by atoms with Crippen LogP contribution in [0.2, 0.25) is 0 Å². The Labute approximate surface area is 163 Å². The van der Waals surface area contributed by atoms with Gasteiger partial charge in [0.2, 0.25) is 11.8 Å². The number of hydrogen-bond acceptors (Lipinski definition) is 7. The number of methoxy groups -OCH3 is 2. The molecule has 1 aliphatic rings. The van der Waals surface area contributed by atoms with E-state index in [0.717, 1.165) is 0 Å². The molecule has 1 aromatic heterocycles. The van der Waals surface area contributed by atoms with Crippen LogP contribution in [-0.2, 0) is 4.79 Å². The monoisotopic (exact) mass is 388 g/mol. The smallest absolute Gasteiger partial charge is 0.257 e. The van der Waals surface area contributed by atoms with E-state index in [1.165, 1.54) is 14.0 Å². The van der Waals surface area contributed by atoms with Gasteiger partial charge in [-0.05, 0) is 25.5 Å². The fourth-order valence-electron chi connectivity index (χ4n) is 3.36. The predicted molar refractivity (Wildman–Crippen MR) is 99.2 cm³/mol. The maximum absolute atomic E-state index is 13.1. The summed E-state index contributed by atoms with van der Waals surface area (Å²) in [5.74, 6) is 1.70. The van der Waals surface area contributed by atoms with Crippen LogP contribution in [0.3, 0.4) is 0 Å². The average molecular weight is 388 g/mol. The molecule has 1 aliphatic heterocycles. The second-order valence-corrected chi connectivity index (χ2v) is 6.56. The van der Waals surface area contributed by atoms with E-state index in [4.69, 9.17) is 14.0 Å². The van der Waals surface area contributed by atoms with E-state index < -0.39 is 0 Å². The third-order valence-corrected chi connectivity index (χ3v) is 4.82. The molecule has 2 aromatic rings. The van der Waals surface area contributed by atoms with Crippen molar-refractivity contribution >= 4 is 11.8 Å². The minimum Gasteiger partial charge on any atom is -0.497 e. The first kappa shape index (κ1) is 19.7. The number of amides is 2. The number of benzene rings is 1. The molecule has 2 heterocycles. The molecule has 0 radical (unpaired) electrons. The fraction of sp³-hybridized carbons (Fsp3) is 0.474. The molecular formula is C19H24N4O5. The van der Waals surface area contributed by atoms with Crippen molar-refractivity contribution in [3.63, 3.8) is 0 Å². The van der Waals surface area contributed by atoms with Crippen LogP contribution in [0.4, 0.5) is 0 Å². The van der Waals surface area contributed by atoms with Gasteiger partial charge in [-0.3, -0.25) is 9.59 Å². The van der Waals surface area contributed by atoms with Crippen molar-refractivity contribution in [2.45, 2.75) is 26.3 Å². The van der Waals surface area contributed by atoms with Crippen molar-refractivity contribution in [3.05, 3.63) is 35.5 Å². The van der Waals surface area contributed by atoms with Gasteiger partial charge in [0.15, 0.2) is 5.82 Å². The number of aryl methyl sites for hydroxylation is 1. The van der Waals surface area contributed by atoms with Crippen molar-refractivity contribution in [3.8, 4) is 11.5 Å². The van der Waals surface area contributed by atoms with E-state index in [1.807, 2.05) is 0 Å². The van der Waals surface area contributed by atoms with Crippen LogP contribution >= 0.6 is 0 Å². The Morgan fingerprint density at radius 1 is 1.18 bits per heavy atom. The first-order chi connectivity index (χ1) is 13.4. The summed E-state index contributed by atoms with van der Waals surface area (Å²) >= 11 is 0. The first-order valence-corrected chi connectivity index (χ1v) is 9.03. The summed E-state index contributed by atoms with van der Waals surface area (Å²) in [5, 5.41) is 3.82. The van der Waals surface area contributed by atoms with Crippen LogP contribution in [0.25, 0.3) is 0 Å². The molecule has 1 atom stereocenters. The van der Waals surface area contributed by atoms with Gasteiger partial charge >= 0.3 is 0 Å². The maximum atomic E-state index is 13.1. The summed E-state index contributed by atoms with van der Waals surface area (Å²) in [7, 11) is 3.07. The lowest BCUT2D eigenvalue weighted by Crippen LogP contribution is -2.37. The Kier molecular flexibility index (Phi) is 5.81. The summed E-state index contributed by atoms with van der Waals surface area (Å²) in [6.07, 6.45) is 0.505. The van der Waals surface area contributed by atoms with Gasteiger partial charge in [0.05, 0.1) is 19.8 Å². The third-order valence-electron chi connectivity index (χ3n) is 4.82. The molecule has 28 heavy (non-hydrogen) atoms. The van der Waals surface area contributed by atoms with Gasteiger partial charge in [-0.2, -0.15) is 4.98 Å². The van der Waals surface area contributed by atoms with Crippen molar-refractivity contribution in [1.82, 2.24) is 19.9 Å². The Morgan fingerprint density at radius 2 is 1.96 bits per heavy atom. The van der Waals surface area contributed by atoms with Crippen LogP contribution in [-0.4, -0.2) is 65.6 Å². The summed E-state index contributed by atoms with van der Waals surface area (Å²) in [5.41, 5.74) is 0.449. The predicted octanol–water partition coefficient (Wildman–Crippen LogP) is 1.83. The normalized spacial score (nSPS) is 17.2. The molecule has 9 heteroatoms. The van der Waals surface area contributed by atoms with Crippen LogP contribution in [0.15, 0.2) is 22.7 Å². The molecule has 9 nitrogen and oxygen atoms in total. The SMILES string of the molecule is COc1ccc(C(=O)N2CCC(c3nc(C)no3)N(C(C)=O)CC2)c(OC)c1. The number of rotatable bonds is 4. The molecule has 0 N–H and O–H groups in total. The van der Waals surface area contributed by atoms with E-state index >= 15 is 0 Å². The van der Waals surface area contributed by atoms with Crippen molar-refractivity contribution in [2.75, 3.05) is 33.9 Å². The maximum Gasteiger partial charge on any atom is 0.257 e. The van der Waals surface area contributed by atoms with E-state index in [-0.39, 0.29) is 17.9 Å². The van der Waals surface area contributed by atoms with Crippen LogP contribution in [0.1, 0.15) is 41.5 Å². The molecule has 3 rings (SSSR count). The van der Waals surface area contributed by atoms with E-state index in [9.17, 15) is 9.59 Å². The van der Waals surface area contributed by atoms with Gasteiger partial charge in [0, 0.05) is 32.6 Å². The lowest BCUT2D eigenvalue weighted by molar-refractivity contribution is -0.131. The molecule has 0 aliphatic carbocycles. The standard InChI is InChI=1S/C19H24N4O5/c1-12-20-18(28-21-12)16-7-8-22(9-10-23(16)13(2)24)19(25)15-6-5-14(26-3)11-17(15)27-4/h5-6,11,16H,7-10H2,1-4H3. The zero-order chi connectivity index (χ0) is 20.3. The molecule has 1 fully saturated rings. The zero-order valence-electron chi connectivity index (χ0n) is 16.5. The lowest BCUT2D eigenvalue weighted by atomic mass is 10.1. The van der Waals surface area contributed by atoms with Crippen LogP contribution < -0.4 is 9.47 Å². The van der Waals surface area contributed by atoms with E-state index in [1.54, 1.807) is 42.0 Å². The highest BCUT2D eigenvalue weighted by Gasteiger charge is 2.33. The Bertz CT molecular complexity index is 866. The third kappa shape index (κ3) is 3.92. The number of carbonyl (C=O) groups is 2. The Balaban J connectivity index is 1.83. The minimum atomic E-state index is -0.353. The molecule has 0 saturated carbocycles. The van der Waals surface area contributed by atoms with Crippen molar-refractivity contribution in [1.29, 1.82) is 0 Å². The quantitative estimate of drug-likeness (QED) is 0.788. The molecule has 0 bridgehead atoms. The first-order valence-electron chi connectivity index (χ1n) is 9.03.